The Morgan fingerprint density at radius 3 is 2.55 bits per heavy atom. The fraction of sp³-hybridized carbons (Fsp3) is 1.00. The normalized spacial score (nSPS) is 50.5. The van der Waals surface area contributed by atoms with E-state index >= 15 is 0 Å². The van der Waals surface area contributed by atoms with Gasteiger partial charge in [-0.15, -0.1) is 0 Å². The van der Waals surface area contributed by atoms with Crippen LogP contribution in [0.2, 0.25) is 0 Å². The average Bonchev–Trinajstić information content (AvgIpc) is 2.78. The molecule has 0 aromatic heterocycles. The van der Waals surface area contributed by atoms with Gasteiger partial charge < -0.3 is 0 Å². The first-order chi connectivity index (χ1) is 5.33. The van der Waals surface area contributed by atoms with Crippen LogP contribution in [0.1, 0.15) is 51.9 Å². The number of hydrogen-bond donors (Lipinski definition) is 0. The summed E-state index contributed by atoms with van der Waals surface area (Å²) in [4.78, 5) is 0. The number of hydrogen-bond acceptors (Lipinski definition) is 0. The fourth-order valence-electron chi connectivity index (χ4n) is 4.03. The first kappa shape index (κ1) is 6.51. The Morgan fingerprint density at radius 1 is 1.18 bits per heavy atom. The molecule has 0 saturated heterocycles. The van der Waals surface area contributed by atoms with E-state index in [1.807, 2.05) is 0 Å². The second-order valence-electron chi connectivity index (χ2n) is 5.10. The molecule has 0 amide bonds. The van der Waals surface area contributed by atoms with Gasteiger partial charge in [-0.1, -0.05) is 19.8 Å². The molecule has 0 aromatic rings. The van der Waals surface area contributed by atoms with Crippen molar-refractivity contribution in [1.82, 2.24) is 0 Å². The quantitative estimate of drug-likeness (QED) is 0.537. The minimum atomic E-state index is 0.918. The van der Waals surface area contributed by atoms with Crippen LogP contribution in [0.5, 0.6) is 0 Å². The number of fused-ring (bicyclic) bond motifs is 1. The van der Waals surface area contributed by atoms with Crippen LogP contribution in [0, 0.1) is 16.7 Å². The van der Waals surface area contributed by atoms with E-state index in [0.717, 1.165) is 16.7 Å². The lowest BCUT2D eigenvalue weighted by atomic mass is 9.86. The summed E-state index contributed by atoms with van der Waals surface area (Å²) < 4.78 is 0. The van der Waals surface area contributed by atoms with Gasteiger partial charge in [-0.25, -0.2) is 0 Å². The van der Waals surface area contributed by atoms with E-state index in [2.05, 4.69) is 6.92 Å². The van der Waals surface area contributed by atoms with Crippen molar-refractivity contribution in [2.45, 2.75) is 51.9 Å². The molecule has 0 heterocycles. The van der Waals surface area contributed by atoms with Crippen molar-refractivity contribution >= 4 is 0 Å². The summed E-state index contributed by atoms with van der Waals surface area (Å²) in [7, 11) is 0. The highest BCUT2D eigenvalue weighted by molar-refractivity contribution is 5.21. The smallest absolute Gasteiger partial charge is 0.0210 e. The largest absolute Gasteiger partial charge is 0.0651 e. The van der Waals surface area contributed by atoms with Crippen molar-refractivity contribution in [2.75, 3.05) is 0 Å². The summed E-state index contributed by atoms with van der Waals surface area (Å²) in [6, 6.07) is 0. The summed E-state index contributed by atoms with van der Waals surface area (Å²) in [5.74, 6) is 1.15. The molecule has 0 N–H and O–H groups in total. The molecular formula is C11H18. The van der Waals surface area contributed by atoms with Crippen molar-refractivity contribution in [3.05, 3.63) is 0 Å². The maximum Gasteiger partial charge on any atom is -0.0210 e. The summed E-state index contributed by atoms with van der Waals surface area (Å²) in [5.41, 5.74) is 1.84. The van der Waals surface area contributed by atoms with Crippen molar-refractivity contribution in [3.63, 3.8) is 0 Å². The fourth-order valence-corrected chi connectivity index (χ4v) is 4.03. The molecule has 2 atom stereocenters. The van der Waals surface area contributed by atoms with Crippen molar-refractivity contribution in [2.24, 2.45) is 16.7 Å². The van der Waals surface area contributed by atoms with Crippen molar-refractivity contribution < 1.29 is 0 Å². The lowest BCUT2D eigenvalue weighted by Crippen LogP contribution is -2.11. The topological polar surface area (TPSA) is 0 Å². The molecule has 62 valence electrons. The minimum absolute atomic E-state index is 0.918. The third-order valence-corrected chi connectivity index (χ3v) is 4.91. The van der Waals surface area contributed by atoms with E-state index in [-0.39, 0.29) is 0 Å². The zero-order valence-corrected chi connectivity index (χ0v) is 7.53. The molecule has 2 unspecified atom stereocenters. The van der Waals surface area contributed by atoms with Crippen LogP contribution in [0.15, 0.2) is 0 Å². The zero-order chi connectivity index (χ0) is 7.53. The molecule has 0 bridgehead atoms. The highest BCUT2D eigenvalue weighted by Crippen LogP contribution is 2.80. The molecule has 3 aliphatic rings. The van der Waals surface area contributed by atoms with Gasteiger partial charge >= 0.3 is 0 Å². The second kappa shape index (κ2) is 1.67. The minimum Gasteiger partial charge on any atom is -0.0651 e. The standard InChI is InChI=1S/C11H18/c1-2-9-8-11(9)5-3-4-10(11)6-7-10/h9H,2-8H2,1H3. The lowest BCUT2D eigenvalue weighted by molar-refractivity contribution is 0.304. The molecule has 3 aliphatic carbocycles. The predicted octanol–water partition coefficient (Wildman–Crippen LogP) is 3.37. The summed E-state index contributed by atoms with van der Waals surface area (Å²) in [6.45, 7) is 2.38. The first-order valence-electron chi connectivity index (χ1n) is 5.33. The van der Waals surface area contributed by atoms with E-state index in [1.54, 1.807) is 38.5 Å². The van der Waals surface area contributed by atoms with Crippen LogP contribution in [0.25, 0.3) is 0 Å². The second-order valence-corrected chi connectivity index (χ2v) is 5.10. The van der Waals surface area contributed by atoms with Gasteiger partial charge in [-0.05, 0) is 48.9 Å². The molecule has 0 nitrogen and oxygen atoms in total. The molecule has 0 aromatic carbocycles. The van der Waals surface area contributed by atoms with Crippen molar-refractivity contribution in [3.8, 4) is 0 Å². The Bertz CT molecular complexity index is 190. The first-order valence-corrected chi connectivity index (χ1v) is 5.33. The SMILES string of the molecule is CCC1CC12CCCC21CC1. The number of rotatable bonds is 1. The van der Waals surface area contributed by atoms with E-state index in [4.69, 9.17) is 0 Å². The maximum absolute atomic E-state index is 2.38. The van der Waals surface area contributed by atoms with Crippen LogP contribution in [0.3, 0.4) is 0 Å². The highest BCUT2D eigenvalue weighted by atomic mass is 14.8. The Kier molecular flexibility index (Phi) is 0.990. The van der Waals surface area contributed by atoms with Gasteiger partial charge in [-0.2, -0.15) is 0 Å². The third-order valence-electron chi connectivity index (χ3n) is 4.91. The van der Waals surface area contributed by atoms with E-state index < -0.39 is 0 Å². The maximum atomic E-state index is 2.38. The average molecular weight is 150 g/mol. The van der Waals surface area contributed by atoms with E-state index in [9.17, 15) is 0 Å². The molecule has 3 rings (SSSR count). The highest BCUT2D eigenvalue weighted by Gasteiger charge is 2.71. The summed E-state index contributed by atoms with van der Waals surface area (Å²) in [6.07, 6.45) is 11.0. The van der Waals surface area contributed by atoms with E-state index in [1.165, 1.54) is 6.42 Å². The van der Waals surface area contributed by atoms with Gasteiger partial charge in [0.05, 0.1) is 0 Å². The van der Waals surface area contributed by atoms with Crippen LogP contribution in [-0.4, -0.2) is 0 Å². The van der Waals surface area contributed by atoms with Gasteiger partial charge in [0.1, 0.15) is 0 Å². The third kappa shape index (κ3) is 0.588. The molecule has 0 aliphatic heterocycles. The zero-order valence-electron chi connectivity index (χ0n) is 7.53. The van der Waals surface area contributed by atoms with Gasteiger partial charge in [0, 0.05) is 0 Å². The Labute approximate surface area is 69.4 Å². The Morgan fingerprint density at radius 2 is 2.00 bits per heavy atom. The Hall–Kier alpha value is 0. The molecular weight excluding hydrogens is 132 g/mol. The summed E-state index contributed by atoms with van der Waals surface area (Å²) >= 11 is 0. The van der Waals surface area contributed by atoms with Crippen LogP contribution in [-0.2, 0) is 0 Å². The molecule has 3 fully saturated rings. The van der Waals surface area contributed by atoms with Crippen LogP contribution in [0.4, 0.5) is 0 Å². The van der Waals surface area contributed by atoms with Gasteiger partial charge in [0.25, 0.3) is 0 Å². The van der Waals surface area contributed by atoms with Gasteiger partial charge in [0.2, 0.25) is 0 Å². The summed E-state index contributed by atoms with van der Waals surface area (Å²) in [5, 5.41) is 0. The van der Waals surface area contributed by atoms with Gasteiger partial charge in [0.15, 0.2) is 0 Å². The predicted molar refractivity (Wildman–Crippen MR) is 46.3 cm³/mol. The molecule has 3 saturated carbocycles. The Balaban J connectivity index is 1.88. The monoisotopic (exact) mass is 150 g/mol. The molecule has 2 spiro atoms. The molecule has 0 radical (unpaired) electrons. The van der Waals surface area contributed by atoms with Gasteiger partial charge in [-0.3, -0.25) is 0 Å². The molecule has 0 heteroatoms. The molecule has 11 heavy (non-hydrogen) atoms. The lowest BCUT2D eigenvalue weighted by Gasteiger charge is -2.18. The van der Waals surface area contributed by atoms with E-state index in [0.29, 0.717) is 0 Å². The van der Waals surface area contributed by atoms with Crippen LogP contribution < -0.4 is 0 Å². The van der Waals surface area contributed by atoms with Crippen LogP contribution >= 0.6 is 0 Å². The van der Waals surface area contributed by atoms with Crippen molar-refractivity contribution in [1.29, 1.82) is 0 Å².